The summed E-state index contributed by atoms with van der Waals surface area (Å²) in [6, 6.07) is 58.1. The van der Waals surface area contributed by atoms with E-state index in [-0.39, 0.29) is 0 Å². The molecule has 0 fully saturated rings. The van der Waals surface area contributed by atoms with Crippen molar-refractivity contribution in [3.05, 3.63) is 215 Å². The Labute approximate surface area is 305 Å². The minimum atomic E-state index is 0.775. The summed E-state index contributed by atoms with van der Waals surface area (Å²) in [5.41, 5.74) is 15.2. The minimum Gasteiger partial charge on any atom is -0.380 e. The van der Waals surface area contributed by atoms with Crippen LogP contribution in [-0.4, -0.2) is 0 Å². The van der Waals surface area contributed by atoms with E-state index in [9.17, 15) is 0 Å². The lowest BCUT2D eigenvalue weighted by Gasteiger charge is -2.12. The molecule has 2 aromatic heterocycles. The van der Waals surface area contributed by atoms with Gasteiger partial charge in [0, 0.05) is 48.5 Å². The van der Waals surface area contributed by atoms with Crippen molar-refractivity contribution in [2.24, 2.45) is 0 Å². The second-order valence-electron chi connectivity index (χ2n) is 14.1. The Balaban J connectivity index is 1.02. The van der Waals surface area contributed by atoms with Crippen LogP contribution >= 0.6 is 0 Å². The molecule has 0 saturated carbocycles. The van der Waals surface area contributed by atoms with Crippen molar-refractivity contribution in [3.63, 3.8) is 0 Å². The van der Waals surface area contributed by atoms with Gasteiger partial charge in [0.25, 0.3) is 0 Å². The Kier molecular flexibility index (Phi) is 8.63. The fraction of sp³-hybridized carbons (Fsp3) is 0.125. The fourth-order valence-electron chi connectivity index (χ4n) is 7.49. The third-order valence-electron chi connectivity index (χ3n) is 10.4. The van der Waals surface area contributed by atoms with Gasteiger partial charge in [0.05, 0.1) is 22.1 Å². The Morgan fingerprint density at radius 1 is 0.327 bits per heavy atom. The van der Waals surface area contributed by atoms with Gasteiger partial charge in [-0.05, 0) is 58.4 Å². The van der Waals surface area contributed by atoms with E-state index in [1.807, 2.05) is 0 Å². The summed E-state index contributed by atoms with van der Waals surface area (Å²) in [5, 5.41) is 9.90. The molecule has 16 heterocycles. The lowest BCUT2D eigenvalue weighted by Crippen LogP contribution is -2.34. The maximum atomic E-state index is 3.72. The number of nitrogens with one attached hydrogen (secondary N) is 2. The highest BCUT2D eigenvalue weighted by molar-refractivity contribution is 5.89. The zero-order valence-corrected chi connectivity index (χ0v) is 29.3. The number of benzene rings is 6. The van der Waals surface area contributed by atoms with Crippen molar-refractivity contribution in [1.29, 1.82) is 0 Å². The van der Waals surface area contributed by atoms with Gasteiger partial charge in [-0.3, -0.25) is 0 Å². The predicted octanol–water partition coefficient (Wildman–Crippen LogP) is 9.38. The molecule has 252 valence electrons. The maximum absolute atomic E-state index is 3.72. The van der Waals surface area contributed by atoms with E-state index >= 15 is 0 Å². The van der Waals surface area contributed by atoms with E-state index in [0.29, 0.717) is 0 Å². The van der Waals surface area contributed by atoms with Crippen LogP contribution in [0.15, 0.2) is 170 Å². The zero-order valence-electron chi connectivity index (χ0n) is 29.3. The van der Waals surface area contributed by atoms with Gasteiger partial charge in [-0.25, -0.2) is 0 Å². The van der Waals surface area contributed by atoms with Crippen LogP contribution in [0.2, 0.25) is 0 Å². The van der Waals surface area contributed by atoms with Gasteiger partial charge < -0.3 is 10.6 Å². The monoisotopic (exact) mass is 674 g/mol. The molecule has 0 amide bonds. The van der Waals surface area contributed by atoms with Gasteiger partial charge in [-0.2, -0.15) is 9.13 Å². The lowest BCUT2D eigenvalue weighted by atomic mass is 10.0. The predicted molar refractivity (Wildman–Crippen MR) is 213 cm³/mol. The van der Waals surface area contributed by atoms with Crippen LogP contribution in [0.5, 0.6) is 0 Å². The quantitative estimate of drug-likeness (QED) is 0.157. The Morgan fingerprint density at radius 3 is 1.04 bits per heavy atom. The second kappa shape index (κ2) is 14.2. The molecule has 14 aliphatic heterocycles. The zero-order chi connectivity index (χ0) is 34.7. The summed E-state index contributed by atoms with van der Waals surface area (Å²) in [6.07, 6.45) is 6.25. The van der Waals surface area contributed by atoms with Crippen molar-refractivity contribution >= 4 is 33.2 Å². The molecule has 0 radical (unpaired) electrons. The van der Waals surface area contributed by atoms with Gasteiger partial charge >= 0.3 is 0 Å². The molecule has 0 aliphatic carbocycles. The molecule has 2 N–H and O–H groups in total. The number of hydrogen-bond donors (Lipinski definition) is 2. The molecule has 14 aliphatic rings. The van der Waals surface area contributed by atoms with Crippen molar-refractivity contribution in [2.45, 2.75) is 39.0 Å². The fourth-order valence-corrected chi connectivity index (χ4v) is 7.49. The highest BCUT2D eigenvalue weighted by atomic mass is 15.0. The van der Waals surface area contributed by atoms with Gasteiger partial charge in [-0.1, -0.05) is 121 Å². The van der Waals surface area contributed by atoms with Crippen LogP contribution in [0.4, 0.5) is 11.4 Å². The summed E-state index contributed by atoms with van der Waals surface area (Å²) in [7, 11) is 0. The smallest absolute Gasteiger partial charge is 0.214 e. The van der Waals surface area contributed by atoms with E-state index in [1.54, 1.807) is 0 Å². The summed E-state index contributed by atoms with van der Waals surface area (Å²) in [6.45, 7) is 3.19. The number of rotatable bonds is 0. The van der Waals surface area contributed by atoms with E-state index in [2.05, 4.69) is 190 Å². The third-order valence-corrected chi connectivity index (χ3v) is 10.4. The standard InChI is InChI=1S/C48H40N4/c1-3-7-47-43(5-1)45-25-27-51(47)33-41-21-13-37(14-22-41)30-38-15-23-42(24-16-38)34-52-28-26-46(44-6-2-4-8-48(44)52)50-32-40-19-11-36(12-20-40)29-35-9-17-39(18-10-35)31-49-45/h1-28H,29-34H2/p+2. The van der Waals surface area contributed by atoms with Crippen LogP contribution in [0.3, 0.4) is 0 Å². The normalized spacial score (nSPS) is 13.2. The number of pyridine rings is 2. The Hall–Kier alpha value is -6.26. The summed E-state index contributed by atoms with van der Waals surface area (Å²) in [4.78, 5) is 0. The van der Waals surface area contributed by atoms with E-state index in [1.165, 1.54) is 66.3 Å². The van der Waals surface area contributed by atoms with Gasteiger partial charge in [0.15, 0.2) is 25.5 Å². The van der Waals surface area contributed by atoms with Crippen LogP contribution in [0, 0.1) is 0 Å². The number of nitrogens with zero attached hydrogens (tertiary/aromatic N) is 2. The maximum Gasteiger partial charge on any atom is 0.214 e. The first kappa shape index (κ1) is 31.7. The highest BCUT2D eigenvalue weighted by Crippen LogP contribution is 2.24. The number of hydrogen-bond acceptors (Lipinski definition) is 2. The van der Waals surface area contributed by atoms with E-state index < -0.39 is 0 Å². The molecule has 12 bridgehead atoms. The van der Waals surface area contributed by atoms with E-state index in [0.717, 1.165) is 50.4 Å². The van der Waals surface area contributed by atoms with Gasteiger partial charge in [0.2, 0.25) is 11.0 Å². The molecule has 6 aromatic carbocycles. The average Bonchev–Trinajstić information content (AvgIpc) is 3.19. The Morgan fingerprint density at radius 2 is 0.654 bits per heavy atom. The van der Waals surface area contributed by atoms with Crippen molar-refractivity contribution in [1.82, 2.24) is 0 Å². The van der Waals surface area contributed by atoms with Gasteiger partial charge in [-0.15, -0.1) is 0 Å². The largest absolute Gasteiger partial charge is 0.380 e. The van der Waals surface area contributed by atoms with Crippen LogP contribution in [0.1, 0.15) is 44.5 Å². The van der Waals surface area contributed by atoms with Crippen LogP contribution in [0.25, 0.3) is 21.8 Å². The van der Waals surface area contributed by atoms with Crippen molar-refractivity contribution in [3.8, 4) is 0 Å². The SMILES string of the molecule is c1ccc2c(c1)c1cc[n+]2Cc2ccc(cc2)Cc2ccc(cc2)C[n+]2ccc(c3ccccc32)NCc2ccc(cc2)Cc2ccc(cc2)CN1. The first-order valence-corrected chi connectivity index (χ1v) is 18.3. The molecular weight excluding hydrogens is 633 g/mol. The van der Waals surface area contributed by atoms with Crippen molar-refractivity contribution in [2.75, 3.05) is 10.6 Å². The molecule has 0 saturated heterocycles. The number of aromatic nitrogens is 2. The first-order valence-electron chi connectivity index (χ1n) is 18.3. The molecule has 22 rings (SSSR count). The molecule has 4 heteroatoms. The average molecular weight is 675 g/mol. The topological polar surface area (TPSA) is 31.8 Å². The Bertz CT molecular complexity index is 2310. The minimum absolute atomic E-state index is 0.775. The van der Waals surface area contributed by atoms with Gasteiger partial charge in [0.1, 0.15) is 0 Å². The molecule has 0 atom stereocenters. The molecular formula is C48H42N4+2. The van der Waals surface area contributed by atoms with E-state index in [4.69, 9.17) is 0 Å². The number of fused-ring (bicyclic) bond motifs is 1. The van der Waals surface area contributed by atoms with Crippen LogP contribution < -0.4 is 19.8 Å². The van der Waals surface area contributed by atoms with Crippen LogP contribution in [-0.2, 0) is 39.0 Å². The molecule has 0 spiro atoms. The molecule has 0 unspecified atom stereocenters. The highest BCUT2D eigenvalue weighted by Gasteiger charge is 2.15. The summed E-state index contributed by atoms with van der Waals surface area (Å²) in [5.74, 6) is 0. The lowest BCUT2D eigenvalue weighted by molar-refractivity contribution is -0.662. The van der Waals surface area contributed by atoms with Crippen molar-refractivity contribution < 1.29 is 9.13 Å². The first-order chi connectivity index (χ1) is 25.7. The molecule has 52 heavy (non-hydrogen) atoms. The third kappa shape index (κ3) is 6.88. The molecule has 4 nitrogen and oxygen atoms in total. The number of para-hydroxylation sites is 2. The molecule has 8 aromatic rings. The second-order valence-corrected chi connectivity index (χ2v) is 14.1. The summed E-state index contributed by atoms with van der Waals surface area (Å²) >= 11 is 0. The summed E-state index contributed by atoms with van der Waals surface area (Å²) < 4.78 is 4.70. The number of anilines is 2.